The Labute approximate surface area is 150 Å². The zero-order valence-electron chi connectivity index (χ0n) is 14.3. The average Bonchev–Trinajstić information content (AvgIpc) is 2.60. The second-order valence-corrected chi connectivity index (χ2v) is 5.92. The van der Waals surface area contributed by atoms with Crippen LogP contribution in [0, 0.1) is 5.92 Å². The van der Waals surface area contributed by atoms with Gasteiger partial charge >= 0.3 is 6.03 Å². The number of urea groups is 1. The van der Waals surface area contributed by atoms with Crippen molar-refractivity contribution in [3.8, 4) is 0 Å². The molecule has 0 bridgehead atoms. The molecule has 3 amide bonds. The van der Waals surface area contributed by atoms with Gasteiger partial charge in [0, 0.05) is 44.8 Å². The zero-order chi connectivity index (χ0) is 16.7. The van der Waals surface area contributed by atoms with Crippen LogP contribution in [-0.2, 0) is 4.79 Å². The van der Waals surface area contributed by atoms with Crippen LogP contribution in [0.25, 0.3) is 0 Å². The Balaban J connectivity index is 0.00000288. The highest BCUT2D eigenvalue weighted by Crippen LogP contribution is 2.20. The van der Waals surface area contributed by atoms with Crippen LogP contribution in [-0.4, -0.2) is 62.0 Å². The van der Waals surface area contributed by atoms with Crippen LogP contribution >= 0.6 is 12.4 Å². The van der Waals surface area contributed by atoms with Crippen molar-refractivity contribution in [2.24, 2.45) is 5.92 Å². The second-order valence-electron chi connectivity index (χ2n) is 5.92. The van der Waals surface area contributed by atoms with Crippen molar-refractivity contribution in [2.75, 3.05) is 45.6 Å². The van der Waals surface area contributed by atoms with Crippen molar-refractivity contribution in [3.05, 3.63) is 30.3 Å². The van der Waals surface area contributed by atoms with Crippen LogP contribution in [0.2, 0.25) is 0 Å². The number of halogens is 1. The zero-order valence-corrected chi connectivity index (χ0v) is 15.1. The minimum absolute atomic E-state index is 0. The largest absolute Gasteiger partial charge is 0.344 e. The van der Waals surface area contributed by atoms with Gasteiger partial charge in [-0.25, -0.2) is 4.79 Å². The predicted octanol–water partition coefficient (Wildman–Crippen LogP) is 2.03. The third kappa shape index (κ3) is 5.69. The first-order valence-corrected chi connectivity index (χ1v) is 8.12. The van der Waals surface area contributed by atoms with Gasteiger partial charge in [0.1, 0.15) is 0 Å². The maximum absolute atomic E-state index is 12.4. The Morgan fingerprint density at radius 2 is 1.83 bits per heavy atom. The van der Waals surface area contributed by atoms with Gasteiger partial charge < -0.3 is 20.4 Å². The maximum Gasteiger partial charge on any atom is 0.321 e. The van der Waals surface area contributed by atoms with E-state index in [1.807, 2.05) is 44.4 Å². The lowest BCUT2D eigenvalue weighted by molar-refractivity contribution is -0.135. The summed E-state index contributed by atoms with van der Waals surface area (Å²) in [4.78, 5) is 28.1. The standard InChI is InChI=1S/C17H26N4O2.ClH/c1-18-10-13-20(2)16(22)14-8-11-21(12-9-14)17(23)19-15-6-4-3-5-7-15;/h3-7,14,18H,8-13H2,1-2H3,(H,19,23);1H. The molecule has 134 valence electrons. The van der Waals surface area contributed by atoms with E-state index in [-0.39, 0.29) is 30.3 Å². The number of rotatable bonds is 5. The van der Waals surface area contributed by atoms with E-state index in [0.29, 0.717) is 19.6 Å². The average molecular weight is 355 g/mol. The molecule has 2 rings (SSSR count). The topological polar surface area (TPSA) is 64.7 Å². The second kappa shape index (κ2) is 10.2. The number of anilines is 1. The van der Waals surface area contributed by atoms with Gasteiger partial charge in [-0.2, -0.15) is 0 Å². The molecule has 7 heteroatoms. The third-order valence-corrected chi connectivity index (χ3v) is 4.23. The van der Waals surface area contributed by atoms with E-state index < -0.39 is 0 Å². The molecule has 0 atom stereocenters. The molecular weight excluding hydrogens is 328 g/mol. The monoisotopic (exact) mass is 354 g/mol. The Kier molecular flexibility index (Phi) is 8.57. The van der Waals surface area contributed by atoms with E-state index in [0.717, 1.165) is 25.1 Å². The number of carbonyl (C=O) groups is 2. The quantitative estimate of drug-likeness (QED) is 0.850. The highest BCUT2D eigenvalue weighted by atomic mass is 35.5. The molecule has 1 aromatic rings. The number of nitrogens with one attached hydrogen (secondary N) is 2. The van der Waals surface area contributed by atoms with Gasteiger partial charge in [0.2, 0.25) is 5.91 Å². The van der Waals surface area contributed by atoms with Gasteiger partial charge in [-0.3, -0.25) is 4.79 Å². The summed E-state index contributed by atoms with van der Waals surface area (Å²) in [6.45, 7) is 2.74. The van der Waals surface area contributed by atoms with Crippen LogP contribution in [0.15, 0.2) is 30.3 Å². The van der Waals surface area contributed by atoms with E-state index in [4.69, 9.17) is 0 Å². The molecule has 0 saturated carbocycles. The summed E-state index contributed by atoms with van der Waals surface area (Å²) in [6.07, 6.45) is 1.45. The molecule has 0 unspecified atom stereocenters. The number of hydrogen-bond acceptors (Lipinski definition) is 3. The van der Waals surface area contributed by atoms with Gasteiger partial charge in [-0.1, -0.05) is 18.2 Å². The van der Waals surface area contributed by atoms with Crippen molar-refractivity contribution >= 4 is 30.0 Å². The summed E-state index contributed by atoms with van der Waals surface area (Å²) in [7, 11) is 3.72. The van der Waals surface area contributed by atoms with Gasteiger partial charge in [-0.15, -0.1) is 12.4 Å². The van der Waals surface area contributed by atoms with Crippen molar-refractivity contribution in [1.82, 2.24) is 15.1 Å². The first kappa shape index (κ1) is 20.3. The molecule has 1 heterocycles. The number of amides is 3. The Morgan fingerprint density at radius 3 is 2.42 bits per heavy atom. The molecule has 1 aliphatic heterocycles. The predicted molar refractivity (Wildman–Crippen MR) is 98.6 cm³/mol. The minimum Gasteiger partial charge on any atom is -0.344 e. The molecule has 6 nitrogen and oxygen atoms in total. The fourth-order valence-electron chi connectivity index (χ4n) is 2.75. The summed E-state index contributed by atoms with van der Waals surface area (Å²) in [5.74, 6) is 0.209. The first-order valence-electron chi connectivity index (χ1n) is 8.12. The Hall–Kier alpha value is -1.79. The van der Waals surface area contributed by atoms with Gasteiger partial charge in [0.05, 0.1) is 0 Å². The third-order valence-electron chi connectivity index (χ3n) is 4.23. The summed E-state index contributed by atoms with van der Waals surface area (Å²) in [6, 6.07) is 9.33. The molecule has 1 fully saturated rings. The Bertz CT molecular complexity index is 519. The molecule has 1 aromatic carbocycles. The molecule has 1 aliphatic rings. The lowest BCUT2D eigenvalue weighted by Gasteiger charge is -2.33. The van der Waals surface area contributed by atoms with Crippen LogP contribution in [0.1, 0.15) is 12.8 Å². The number of likely N-dealkylation sites (tertiary alicyclic amines) is 1. The fraction of sp³-hybridized carbons (Fsp3) is 0.529. The molecule has 0 spiro atoms. The number of piperidine rings is 1. The summed E-state index contributed by atoms with van der Waals surface area (Å²) >= 11 is 0. The fourth-order valence-corrected chi connectivity index (χ4v) is 2.75. The number of hydrogen-bond donors (Lipinski definition) is 2. The first-order chi connectivity index (χ1) is 11.1. The van der Waals surface area contributed by atoms with E-state index in [2.05, 4.69) is 10.6 Å². The van der Waals surface area contributed by atoms with Crippen LogP contribution in [0.5, 0.6) is 0 Å². The summed E-state index contributed by atoms with van der Waals surface area (Å²) in [5, 5.41) is 5.94. The van der Waals surface area contributed by atoms with Crippen LogP contribution < -0.4 is 10.6 Å². The highest BCUT2D eigenvalue weighted by molar-refractivity contribution is 5.89. The van der Waals surface area contributed by atoms with Gasteiger partial charge in [0.25, 0.3) is 0 Å². The lowest BCUT2D eigenvalue weighted by atomic mass is 9.95. The number of para-hydroxylation sites is 1. The minimum atomic E-state index is -0.0920. The van der Waals surface area contributed by atoms with Crippen LogP contribution in [0.4, 0.5) is 10.5 Å². The van der Waals surface area contributed by atoms with E-state index in [1.165, 1.54) is 0 Å². The van der Waals surface area contributed by atoms with Crippen molar-refractivity contribution in [1.29, 1.82) is 0 Å². The molecular formula is C17H27ClN4O2. The number of benzene rings is 1. The number of nitrogens with zero attached hydrogens (tertiary/aromatic N) is 2. The van der Waals surface area contributed by atoms with E-state index >= 15 is 0 Å². The smallest absolute Gasteiger partial charge is 0.321 e. The molecule has 0 aromatic heterocycles. The summed E-state index contributed by atoms with van der Waals surface area (Å²) in [5.41, 5.74) is 0.794. The highest BCUT2D eigenvalue weighted by Gasteiger charge is 2.28. The Morgan fingerprint density at radius 1 is 1.21 bits per heavy atom. The number of likely N-dealkylation sites (N-methyl/N-ethyl adjacent to an activating group) is 2. The van der Waals surface area contributed by atoms with Crippen molar-refractivity contribution in [3.63, 3.8) is 0 Å². The molecule has 0 radical (unpaired) electrons. The molecule has 1 saturated heterocycles. The van der Waals surface area contributed by atoms with E-state index in [9.17, 15) is 9.59 Å². The van der Waals surface area contributed by atoms with Crippen molar-refractivity contribution < 1.29 is 9.59 Å². The normalized spacial score (nSPS) is 14.7. The van der Waals surface area contributed by atoms with Crippen LogP contribution in [0.3, 0.4) is 0 Å². The van der Waals surface area contributed by atoms with Gasteiger partial charge in [-0.05, 0) is 32.0 Å². The lowest BCUT2D eigenvalue weighted by Crippen LogP contribution is -2.45. The molecule has 0 aliphatic carbocycles. The summed E-state index contributed by atoms with van der Waals surface area (Å²) < 4.78 is 0. The molecule has 24 heavy (non-hydrogen) atoms. The molecule has 2 N–H and O–H groups in total. The van der Waals surface area contributed by atoms with Crippen molar-refractivity contribution in [2.45, 2.75) is 12.8 Å². The maximum atomic E-state index is 12.4. The number of carbonyl (C=O) groups excluding carboxylic acids is 2. The van der Waals surface area contributed by atoms with E-state index in [1.54, 1.807) is 9.80 Å². The van der Waals surface area contributed by atoms with Gasteiger partial charge in [0.15, 0.2) is 0 Å². The SMILES string of the molecule is CNCCN(C)C(=O)C1CCN(C(=O)Nc2ccccc2)CC1.Cl.